The van der Waals surface area contributed by atoms with Gasteiger partial charge in [0.05, 0.1) is 12.7 Å². The third-order valence-electron chi connectivity index (χ3n) is 3.87. The van der Waals surface area contributed by atoms with Gasteiger partial charge in [-0.25, -0.2) is 18.4 Å². The normalized spacial score (nSPS) is 25.0. The summed E-state index contributed by atoms with van der Waals surface area (Å²) in [5.74, 6) is -3.94. The van der Waals surface area contributed by atoms with Gasteiger partial charge in [-0.05, 0) is 26.8 Å². The van der Waals surface area contributed by atoms with Crippen molar-refractivity contribution < 1.29 is 32.9 Å². The van der Waals surface area contributed by atoms with Crippen molar-refractivity contribution in [2.45, 2.75) is 50.7 Å². The molecule has 3 N–H and O–H groups in total. The molecule has 2 heterocycles. The molecule has 0 radical (unpaired) electrons. The number of rotatable bonds is 4. The molecule has 28 heavy (non-hydrogen) atoms. The van der Waals surface area contributed by atoms with Crippen molar-refractivity contribution >= 4 is 12.0 Å². The van der Waals surface area contributed by atoms with E-state index in [2.05, 4.69) is 4.98 Å². The van der Waals surface area contributed by atoms with Crippen molar-refractivity contribution in [2.75, 3.05) is 12.3 Å². The van der Waals surface area contributed by atoms with E-state index < -0.39 is 54.3 Å². The summed E-state index contributed by atoms with van der Waals surface area (Å²) in [7, 11) is 0. The number of terminal acetylenes is 1. The summed E-state index contributed by atoms with van der Waals surface area (Å²) in [6.07, 6.45) is -0.420. The van der Waals surface area contributed by atoms with Crippen LogP contribution in [-0.2, 0) is 14.2 Å². The SMILES string of the molecule is C#CC(OC(=O)OC(C)(C)C)C1[C@@H](CO)O[C@@H](n2ccc(N)nc2=O)C1(F)F. The van der Waals surface area contributed by atoms with Gasteiger partial charge >= 0.3 is 17.8 Å². The topological polar surface area (TPSA) is 126 Å². The number of ether oxygens (including phenoxy) is 3. The van der Waals surface area contributed by atoms with Crippen LogP contribution in [-0.4, -0.2) is 51.2 Å². The molecular formula is C17H21F2N3O6. The molecule has 1 aliphatic rings. The van der Waals surface area contributed by atoms with Crippen LogP contribution in [0.5, 0.6) is 0 Å². The first-order chi connectivity index (χ1) is 12.9. The fourth-order valence-electron chi connectivity index (χ4n) is 2.75. The number of aliphatic hydroxyl groups excluding tert-OH is 1. The Bertz CT molecular complexity index is 829. The van der Waals surface area contributed by atoms with E-state index in [1.165, 1.54) is 0 Å². The molecule has 1 fully saturated rings. The van der Waals surface area contributed by atoms with E-state index in [0.29, 0.717) is 4.57 Å². The van der Waals surface area contributed by atoms with Gasteiger partial charge in [0.25, 0.3) is 0 Å². The number of halogens is 2. The van der Waals surface area contributed by atoms with E-state index in [1.807, 2.05) is 5.92 Å². The zero-order chi connectivity index (χ0) is 21.3. The Morgan fingerprint density at radius 1 is 1.57 bits per heavy atom. The number of carbonyl (C=O) groups excluding carboxylic acids is 1. The van der Waals surface area contributed by atoms with Crippen LogP contribution in [0.4, 0.5) is 19.4 Å². The molecule has 0 saturated carbocycles. The number of alkyl halides is 2. The number of aliphatic hydroxyl groups is 1. The maximum absolute atomic E-state index is 15.1. The molecule has 1 aliphatic heterocycles. The second kappa shape index (κ2) is 7.73. The van der Waals surface area contributed by atoms with Crippen LogP contribution in [0.15, 0.2) is 17.1 Å². The summed E-state index contributed by atoms with van der Waals surface area (Å²) in [6, 6.07) is 1.14. The smallest absolute Gasteiger partial charge is 0.429 e. The lowest BCUT2D eigenvalue weighted by atomic mass is 9.91. The van der Waals surface area contributed by atoms with E-state index in [1.54, 1.807) is 20.8 Å². The average Bonchev–Trinajstić information content (AvgIpc) is 2.82. The molecule has 1 aromatic heterocycles. The minimum Gasteiger partial charge on any atom is -0.429 e. The van der Waals surface area contributed by atoms with Gasteiger partial charge in [-0.1, -0.05) is 5.92 Å². The van der Waals surface area contributed by atoms with Gasteiger partial charge in [0.15, 0.2) is 6.10 Å². The number of hydrogen-bond acceptors (Lipinski definition) is 8. The van der Waals surface area contributed by atoms with Crippen LogP contribution in [0.25, 0.3) is 0 Å². The maximum atomic E-state index is 15.1. The number of nitrogens with zero attached hydrogens (tertiary/aromatic N) is 2. The van der Waals surface area contributed by atoms with Gasteiger partial charge < -0.3 is 25.1 Å². The van der Waals surface area contributed by atoms with Crippen LogP contribution in [0.1, 0.15) is 27.0 Å². The van der Waals surface area contributed by atoms with E-state index in [0.717, 1.165) is 12.3 Å². The highest BCUT2D eigenvalue weighted by molar-refractivity contribution is 5.61. The molecule has 4 atom stereocenters. The third kappa shape index (κ3) is 4.40. The Hall–Kier alpha value is -2.71. The number of carbonyl (C=O) groups is 1. The minimum atomic E-state index is -3.80. The van der Waals surface area contributed by atoms with Gasteiger partial charge in [-0.3, -0.25) is 4.57 Å². The molecule has 154 valence electrons. The van der Waals surface area contributed by atoms with Crippen molar-refractivity contribution in [3.8, 4) is 12.3 Å². The van der Waals surface area contributed by atoms with E-state index in [9.17, 15) is 14.7 Å². The van der Waals surface area contributed by atoms with Crippen LogP contribution < -0.4 is 11.4 Å². The van der Waals surface area contributed by atoms with E-state index in [-0.39, 0.29) is 5.82 Å². The number of anilines is 1. The lowest BCUT2D eigenvalue weighted by Crippen LogP contribution is -2.45. The van der Waals surface area contributed by atoms with Gasteiger partial charge in [0, 0.05) is 6.20 Å². The van der Waals surface area contributed by atoms with Gasteiger partial charge in [0.1, 0.15) is 17.3 Å². The van der Waals surface area contributed by atoms with Crippen LogP contribution in [0, 0.1) is 18.3 Å². The molecule has 2 rings (SSSR count). The van der Waals surface area contributed by atoms with Crippen molar-refractivity contribution in [2.24, 2.45) is 5.92 Å². The highest BCUT2D eigenvalue weighted by Gasteiger charge is 2.63. The number of nitrogen functional groups attached to an aromatic ring is 1. The summed E-state index contributed by atoms with van der Waals surface area (Å²) in [4.78, 5) is 27.2. The lowest BCUT2D eigenvalue weighted by molar-refractivity contribution is -0.138. The van der Waals surface area contributed by atoms with Crippen LogP contribution in [0.2, 0.25) is 0 Å². The van der Waals surface area contributed by atoms with Crippen LogP contribution >= 0.6 is 0 Å². The van der Waals surface area contributed by atoms with Crippen LogP contribution in [0.3, 0.4) is 0 Å². The Morgan fingerprint density at radius 2 is 2.21 bits per heavy atom. The van der Waals surface area contributed by atoms with Gasteiger partial charge in [-0.2, -0.15) is 4.98 Å². The molecule has 0 amide bonds. The Balaban J connectivity index is 2.35. The second-order valence-corrected chi connectivity index (χ2v) is 7.12. The standard InChI is InChI=1S/C17H21F2N3O6/c1-5-9(27-15(25)28-16(2,3)4)12-10(8-23)26-13(17(12,18)19)22-7-6-11(20)21-14(22)24/h1,6-7,9-10,12-13,23H,8H2,2-4H3,(H2,20,21,24)/t9?,10-,12?,13-/m1/s1. The van der Waals surface area contributed by atoms with Gasteiger partial charge in [-0.15, -0.1) is 6.42 Å². The molecule has 11 heteroatoms. The molecule has 9 nitrogen and oxygen atoms in total. The monoisotopic (exact) mass is 401 g/mol. The van der Waals surface area contributed by atoms with Crippen molar-refractivity contribution in [1.29, 1.82) is 0 Å². The molecule has 0 aliphatic carbocycles. The molecule has 2 unspecified atom stereocenters. The zero-order valence-corrected chi connectivity index (χ0v) is 15.5. The summed E-state index contributed by atoms with van der Waals surface area (Å²) in [6.45, 7) is 3.81. The first-order valence-electron chi connectivity index (χ1n) is 8.25. The second-order valence-electron chi connectivity index (χ2n) is 7.12. The Labute approximate surface area is 159 Å². The number of hydrogen-bond donors (Lipinski definition) is 2. The van der Waals surface area contributed by atoms with Crippen molar-refractivity contribution in [1.82, 2.24) is 9.55 Å². The summed E-state index contributed by atoms with van der Waals surface area (Å²) < 4.78 is 45.7. The highest BCUT2D eigenvalue weighted by Crippen LogP contribution is 2.48. The molecule has 1 aromatic rings. The fraction of sp³-hybridized carbons (Fsp3) is 0.588. The molecule has 0 bridgehead atoms. The quantitative estimate of drug-likeness (QED) is 0.564. The van der Waals surface area contributed by atoms with Crippen molar-refractivity contribution in [3.05, 3.63) is 22.7 Å². The molecule has 0 spiro atoms. The molecular weight excluding hydrogens is 380 g/mol. The maximum Gasteiger partial charge on any atom is 0.510 e. The largest absolute Gasteiger partial charge is 0.510 e. The Kier molecular flexibility index (Phi) is 5.96. The molecule has 1 saturated heterocycles. The fourth-order valence-corrected chi connectivity index (χ4v) is 2.75. The summed E-state index contributed by atoms with van der Waals surface area (Å²) >= 11 is 0. The third-order valence-corrected chi connectivity index (χ3v) is 3.87. The van der Waals surface area contributed by atoms with E-state index in [4.69, 9.17) is 26.4 Å². The average molecular weight is 401 g/mol. The summed E-state index contributed by atoms with van der Waals surface area (Å²) in [5, 5.41) is 9.49. The Morgan fingerprint density at radius 3 is 2.71 bits per heavy atom. The predicted molar refractivity (Wildman–Crippen MR) is 92.3 cm³/mol. The van der Waals surface area contributed by atoms with Crippen molar-refractivity contribution in [3.63, 3.8) is 0 Å². The summed E-state index contributed by atoms with van der Waals surface area (Å²) in [5.41, 5.74) is 3.34. The predicted octanol–water partition coefficient (Wildman–Crippen LogP) is 0.920. The number of aromatic nitrogens is 2. The minimum absolute atomic E-state index is 0.160. The molecule has 0 aromatic carbocycles. The first kappa shape index (κ1) is 21.6. The van der Waals surface area contributed by atoms with Gasteiger partial charge in [0.2, 0.25) is 6.23 Å². The highest BCUT2D eigenvalue weighted by atomic mass is 19.3. The number of nitrogens with two attached hydrogens (primary N) is 1. The van der Waals surface area contributed by atoms with E-state index >= 15 is 8.78 Å². The first-order valence-corrected chi connectivity index (χ1v) is 8.25. The zero-order valence-electron chi connectivity index (χ0n) is 15.5. The lowest BCUT2D eigenvalue weighted by Gasteiger charge is -2.28.